The Morgan fingerprint density at radius 3 is 2.00 bits per heavy atom. The largest absolute Gasteiger partial charge is 0.278 e. The fourth-order valence-corrected chi connectivity index (χ4v) is 1.94. The van der Waals surface area contributed by atoms with Gasteiger partial charge >= 0.3 is 0 Å². The van der Waals surface area contributed by atoms with Crippen LogP contribution in [0.2, 0.25) is 0 Å². The van der Waals surface area contributed by atoms with E-state index in [9.17, 15) is 0 Å². The molecule has 1 aromatic carbocycles. The highest BCUT2D eigenvalue weighted by atomic mass is 15.3. The molecule has 0 saturated heterocycles. The zero-order chi connectivity index (χ0) is 12.9. The van der Waals surface area contributed by atoms with Crippen molar-refractivity contribution < 1.29 is 0 Å². The Labute approximate surface area is 112 Å². The summed E-state index contributed by atoms with van der Waals surface area (Å²) >= 11 is 0. The fraction of sp³-hybridized carbons (Fsp3) is 0. The fourth-order valence-electron chi connectivity index (χ4n) is 1.94. The van der Waals surface area contributed by atoms with Crippen molar-refractivity contribution in [1.82, 2.24) is 0 Å². The van der Waals surface area contributed by atoms with E-state index in [2.05, 4.69) is 34.8 Å². The number of hydrogen-bond acceptors (Lipinski definition) is 2. The van der Waals surface area contributed by atoms with Gasteiger partial charge < -0.3 is 0 Å². The molecule has 0 amide bonds. The van der Waals surface area contributed by atoms with Gasteiger partial charge in [0.15, 0.2) is 0 Å². The van der Waals surface area contributed by atoms with Gasteiger partial charge in [-0.2, -0.15) is 5.10 Å². The van der Waals surface area contributed by atoms with Crippen LogP contribution in [0.15, 0.2) is 95.2 Å². The average molecular weight is 246 g/mol. The van der Waals surface area contributed by atoms with Crippen LogP contribution in [0.25, 0.3) is 0 Å². The van der Waals surface area contributed by atoms with Crippen LogP contribution in [-0.4, -0.2) is 5.71 Å². The maximum atomic E-state index is 4.35. The second-order valence-corrected chi connectivity index (χ2v) is 4.31. The maximum absolute atomic E-state index is 4.35. The summed E-state index contributed by atoms with van der Waals surface area (Å²) in [5, 5.41) is 4.35. The van der Waals surface area contributed by atoms with Crippen LogP contribution in [0.4, 0.5) is 5.69 Å². The summed E-state index contributed by atoms with van der Waals surface area (Å²) in [6.45, 7) is 0. The number of allylic oxidation sites excluding steroid dienone is 10. The summed E-state index contributed by atoms with van der Waals surface area (Å²) in [5.74, 6) is 0. The Bertz CT molecular complexity index is 609. The van der Waals surface area contributed by atoms with E-state index in [4.69, 9.17) is 0 Å². The van der Waals surface area contributed by atoms with E-state index in [0.29, 0.717) is 0 Å². The third kappa shape index (κ3) is 2.80. The zero-order valence-corrected chi connectivity index (χ0v) is 10.5. The molecular formula is C17H14N2. The minimum atomic E-state index is 0.916. The predicted octanol–water partition coefficient (Wildman–Crippen LogP) is 4.00. The van der Waals surface area contributed by atoms with E-state index in [1.807, 2.05) is 54.6 Å². The molecule has 0 saturated carbocycles. The molecule has 0 radical (unpaired) electrons. The molecule has 2 heteroatoms. The Kier molecular flexibility index (Phi) is 3.24. The molecule has 0 atom stereocenters. The molecule has 2 aliphatic rings. The quantitative estimate of drug-likeness (QED) is 0.783. The van der Waals surface area contributed by atoms with Crippen molar-refractivity contribution in [1.29, 1.82) is 0 Å². The van der Waals surface area contributed by atoms with Crippen LogP contribution in [0.1, 0.15) is 0 Å². The second-order valence-electron chi connectivity index (χ2n) is 4.31. The van der Waals surface area contributed by atoms with Gasteiger partial charge in [-0.1, -0.05) is 54.7 Å². The van der Waals surface area contributed by atoms with Crippen molar-refractivity contribution in [2.75, 3.05) is 5.43 Å². The molecule has 0 bridgehead atoms. The number of para-hydroxylation sites is 1. The summed E-state index contributed by atoms with van der Waals surface area (Å²) in [5.41, 5.74) is 7.39. The van der Waals surface area contributed by atoms with E-state index >= 15 is 0 Å². The van der Waals surface area contributed by atoms with Crippen molar-refractivity contribution in [2.45, 2.75) is 0 Å². The van der Waals surface area contributed by atoms with Crippen molar-refractivity contribution in [2.24, 2.45) is 5.10 Å². The first kappa shape index (κ1) is 11.5. The van der Waals surface area contributed by atoms with Gasteiger partial charge in [-0.25, -0.2) is 0 Å². The lowest BCUT2D eigenvalue weighted by atomic mass is 10.0. The summed E-state index contributed by atoms with van der Waals surface area (Å²) in [6, 6.07) is 9.93. The highest BCUT2D eigenvalue weighted by Crippen LogP contribution is 2.18. The lowest BCUT2D eigenvalue weighted by Gasteiger charge is -2.06. The SMILES string of the molecule is C1=CC(=C2C=CC(=NNc3ccccc3)C=C2)C=C1. The van der Waals surface area contributed by atoms with E-state index in [0.717, 1.165) is 11.4 Å². The van der Waals surface area contributed by atoms with Crippen molar-refractivity contribution >= 4 is 11.4 Å². The predicted molar refractivity (Wildman–Crippen MR) is 81.1 cm³/mol. The smallest absolute Gasteiger partial charge is 0.0833 e. The standard InChI is InChI=1S/C17H14N2/c1-2-8-16(9-3-1)18-19-17-12-10-15(11-13-17)14-6-4-5-7-14/h1-13,18H. The van der Waals surface area contributed by atoms with Gasteiger partial charge in [0, 0.05) is 0 Å². The molecule has 0 aromatic heterocycles. The van der Waals surface area contributed by atoms with Crippen molar-refractivity contribution in [3.05, 3.63) is 90.1 Å². The summed E-state index contributed by atoms with van der Waals surface area (Å²) in [4.78, 5) is 0. The van der Waals surface area contributed by atoms with Gasteiger partial charge in [0.05, 0.1) is 11.4 Å². The van der Waals surface area contributed by atoms with Gasteiger partial charge in [-0.15, -0.1) is 0 Å². The van der Waals surface area contributed by atoms with E-state index in [-0.39, 0.29) is 0 Å². The van der Waals surface area contributed by atoms with Crippen LogP contribution in [0.3, 0.4) is 0 Å². The number of nitrogens with zero attached hydrogens (tertiary/aromatic N) is 1. The molecule has 0 heterocycles. The minimum Gasteiger partial charge on any atom is -0.278 e. The van der Waals surface area contributed by atoms with Crippen molar-refractivity contribution in [3.8, 4) is 0 Å². The van der Waals surface area contributed by atoms with Crippen molar-refractivity contribution in [3.63, 3.8) is 0 Å². The number of hydrazone groups is 1. The van der Waals surface area contributed by atoms with E-state index in [1.165, 1.54) is 11.1 Å². The number of nitrogens with one attached hydrogen (secondary N) is 1. The molecular weight excluding hydrogens is 232 g/mol. The van der Waals surface area contributed by atoms with Crippen LogP contribution >= 0.6 is 0 Å². The van der Waals surface area contributed by atoms with Crippen LogP contribution in [-0.2, 0) is 0 Å². The molecule has 0 aliphatic heterocycles. The number of anilines is 1. The highest BCUT2D eigenvalue weighted by molar-refractivity contribution is 6.06. The van der Waals surface area contributed by atoms with Crippen LogP contribution < -0.4 is 5.43 Å². The molecule has 2 nitrogen and oxygen atoms in total. The topological polar surface area (TPSA) is 24.4 Å². The summed E-state index contributed by atoms with van der Waals surface area (Å²) in [7, 11) is 0. The highest BCUT2D eigenvalue weighted by Gasteiger charge is 2.02. The lowest BCUT2D eigenvalue weighted by Crippen LogP contribution is -1.99. The molecule has 0 spiro atoms. The monoisotopic (exact) mass is 246 g/mol. The first-order valence-electron chi connectivity index (χ1n) is 6.26. The Morgan fingerprint density at radius 1 is 0.684 bits per heavy atom. The molecule has 1 aromatic rings. The third-order valence-electron chi connectivity index (χ3n) is 2.95. The number of benzene rings is 1. The van der Waals surface area contributed by atoms with Crippen LogP contribution in [0.5, 0.6) is 0 Å². The molecule has 92 valence electrons. The molecule has 0 fully saturated rings. The van der Waals surface area contributed by atoms with Gasteiger partial charge in [-0.3, -0.25) is 5.43 Å². The number of hydrogen-bond donors (Lipinski definition) is 1. The molecule has 0 unspecified atom stereocenters. The Morgan fingerprint density at radius 2 is 1.32 bits per heavy atom. The van der Waals surface area contributed by atoms with Gasteiger partial charge in [0.25, 0.3) is 0 Å². The van der Waals surface area contributed by atoms with E-state index in [1.54, 1.807) is 0 Å². The zero-order valence-electron chi connectivity index (χ0n) is 10.5. The Hall–Kier alpha value is -2.61. The molecule has 1 N–H and O–H groups in total. The normalized spacial score (nSPS) is 16.3. The Balaban J connectivity index is 1.71. The maximum Gasteiger partial charge on any atom is 0.0833 e. The third-order valence-corrected chi connectivity index (χ3v) is 2.95. The number of rotatable bonds is 2. The molecule has 2 aliphatic carbocycles. The average Bonchev–Trinajstić information content (AvgIpc) is 3.01. The minimum absolute atomic E-state index is 0.916. The van der Waals surface area contributed by atoms with Gasteiger partial charge in [-0.05, 0) is 35.4 Å². The lowest BCUT2D eigenvalue weighted by molar-refractivity contribution is 1.34. The van der Waals surface area contributed by atoms with Gasteiger partial charge in [0.1, 0.15) is 0 Å². The van der Waals surface area contributed by atoms with Crippen LogP contribution in [0, 0.1) is 0 Å². The molecule has 19 heavy (non-hydrogen) atoms. The molecule has 3 rings (SSSR count). The first-order valence-corrected chi connectivity index (χ1v) is 6.26. The van der Waals surface area contributed by atoms with E-state index < -0.39 is 0 Å². The van der Waals surface area contributed by atoms with Gasteiger partial charge in [0.2, 0.25) is 0 Å². The second kappa shape index (κ2) is 5.36. The first-order chi connectivity index (χ1) is 9.42. The summed E-state index contributed by atoms with van der Waals surface area (Å²) < 4.78 is 0. The summed E-state index contributed by atoms with van der Waals surface area (Å²) in [6.07, 6.45) is 16.5.